The van der Waals surface area contributed by atoms with Gasteiger partial charge in [0.1, 0.15) is 11.5 Å². The molecule has 1 N–H and O–H groups in total. The van der Waals surface area contributed by atoms with Crippen molar-refractivity contribution in [1.29, 1.82) is 0 Å². The Hall–Kier alpha value is -1.79. The Morgan fingerprint density at radius 2 is 2.27 bits per heavy atom. The van der Waals surface area contributed by atoms with E-state index in [1.165, 1.54) is 17.4 Å². The maximum Gasteiger partial charge on any atom is 0.273 e. The number of β-amino-alcohol motifs (C(OH)–C–C–N with tert-alkyl or cyclic N) is 1. The van der Waals surface area contributed by atoms with E-state index in [0.717, 1.165) is 12.8 Å². The first-order valence-electron chi connectivity index (χ1n) is 7.28. The van der Waals surface area contributed by atoms with E-state index in [4.69, 9.17) is 0 Å². The summed E-state index contributed by atoms with van der Waals surface area (Å²) >= 11 is 1.36. The van der Waals surface area contributed by atoms with Crippen molar-refractivity contribution in [2.45, 2.75) is 25.4 Å². The fraction of sp³-hybridized carbons (Fsp3) is 0.375. The monoisotopic (exact) mass is 320 g/mol. The molecule has 1 aromatic carbocycles. The third-order valence-electron chi connectivity index (χ3n) is 3.75. The number of carbonyl (C=O) groups is 1. The average Bonchev–Trinajstić information content (AvgIpc) is 2.97. The predicted molar refractivity (Wildman–Crippen MR) is 82.5 cm³/mol. The van der Waals surface area contributed by atoms with Crippen molar-refractivity contribution in [1.82, 2.24) is 9.88 Å². The topological polar surface area (TPSA) is 53.4 Å². The molecule has 22 heavy (non-hydrogen) atoms. The number of hydrogen-bond donors (Lipinski definition) is 1. The van der Waals surface area contributed by atoms with Crippen LogP contribution in [-0.2, 0) is 6.42 Å². The maximum absolute atomic E-state index is 13.6. The van der Waals surface area contributed by atoms with E-state index in [0.29, 0.717) is 35.8 Å². The lowest BCUT2D eigenvalue weighted by Crippen LogP contribution is -2.42. The molecule has 0 bridgehead atoms. The molecule has 3 rings (SSSR count). The Labute approximate surface area is 132 Å². The van der Waals surface area contributed by atoms with E-state index in [1.807, 2.05) is 0 Å². The number of likely N-dealkylation sites (tertiary alicyclic amines) is 1. The average molecular weight is 320 g/mol. The zero-order valence-corrected chi connectivity index (χ0v) is 12.9. The molecule has 1 aromatic heterocycles. The van der Waals surface area contributed by atoms with E-state index in [2.05, 4.69) is 4.98 Å². The van der Waals surface area contributed by atoms with E-state index < -0.39 is 6.10 Å². The Balaban J connectivity index is 1.71. The first-order chi connectivity index (χ1) is 10.6. The second-order valence-electron chi connectivity index (χ2n) is 5.44. The highest BCUT2D eigenvalue weighted by atomic mass is 32.1. The molecule has 2 heterocycles. The van der Waals surface area contributed by atoms with Crippen LogP contribution in [0.1, 0.15) is 33.9 Å². The van der Waals surface area contributed by atoms with Crippen LogP contribution in [0.25, 0.3) is 0 Å². The molecule has 0 radical (unpaired) electrons. The lowest BCUT2D eigenvalue weighted by molar-refractivity contribution is 0.0469. The molecule has 6 heteroatoms. The van der Waals surface area contributed by atoms with Gasteiger partial charge in [-0.25, -0.2) is 9.37 Å². The van der Waals surface area contributed by atoms with Crippen molar-refractivity contribution in [2.75, 3.05) is 13.1 Å². The molecule has 0 spiro atoms. The summed E-state index contributed by atoms with van der Waals surface area (Å²) in [5.74, 6) is -0.417. The molecule has 1 unspecified atom stereocenters. The number of piperidine rings is 1. The highest BCUT2D eigenvalue weighted by Gasteiger charge is 2.24. The number of rotatable bonds is 3. The molecule has 1 fully saturated rings. The van der Waals surface area contributed by atoms with Gasteiger partial charge in [-0.1, -0.05) is 18.2 Å². The number of carbonyl (C=O) groups excluding carboxylic acids is 1. The molecule has 1 atom stereocenters. The summed E-state index contributed by atoms with van der Waals surface area (Å²) < 4.78 is 13.6. The van der Waals surface area contributed by atoms with Crippen LogP contribution in [0.2, 0.25) is 0 Å². The summed E-state index contributed by atoms with van der Waals surface area (Å²) in [7, 11) is 0. The van der Waals surface area contributed by atoms with Gasteiger partial charge in [0.15, 0.2) is 0 Å². The van der Waals surface area contributed by atoms with Crippen molar-refractivity contribution in [2.24, 2.45) is 0 Å². The number of benzene rings is 1. The van der Waals surface area contributed by atoms with Crippen molar-refractivity contribution >= 4 is 17.2 Å². The van der Waals surface area contributed by atoms with Gasteiger partial charge in [0, 0.05) is 24.9 Å². The lowest BCUT2D eigenvalue weighted by Gasteiger charge is -2.29. The van der Waals surface area contributed by atoms with Gasteiger partial charge in [-0.3, -0.25) is 4.79 Å². The highest BCUT2D eigenvalue weighted by molar-refractivity contribution is 7.09. The minimum Gasteiger partial charge on any atom is -0.391 e. The molecular weight excluding hydrogens is 303 g/mol. The minimum absolute atomic E-state index is 0.158. The Morgan fingerprint density at radius 3 is 3.05 bits per heavy atom. The normalized spacial score (nSPS) is 18.5. The van der Waals surface area contributed by atoms with Crippen LogP contribution in [0.15, 0.2) is 29.6 Å². The fourth-order valence-electron chi connectivity index (χ4n) is 2.60. The molecule has 1 aliphatic heterocycles. The first-order valence-corrected chi connectivity index (χ1v) is 8.16. The Bertz CT molecular complexity index is 674. The number of hydrogen-bond acceptors (Lipinski definition) is 4. The number of aromatic nitrogens is 1. The van der Waals surface area contributed by atoms with E-state index in [-0.39, 0.29) is 11.7 Å². The van der Waals surface area contributed by atoms with Crippen LogP contribution < -0.4 is 0 Å². The molecular formula is C16H17FN2O2S. The number of amides is 1. The van der Waals surface area contributed by atoms with Gasteiger partial charge < -0.3 is 10.0 Å². The molecule has 4 nitrogen and oxygen atoms in total. The van der Waals surface area contributed by atoms with E-state index in [1.54, 1.807) is 28.5 Å². The van der Waals surface area contributed by atoms with E-state index in [9.17, 15) is 14.3 Å². The number of aliphatic hydroxyl groups excluding tert-OH is 1. The van der Waals surface area contributed by atoms with Crippen LogP contribution in [-0.4, -0.2) is 40.1 Å². The third kappa shape index (κ3) is 3.34. The van der Waals surface area contributed by atoms with Crippen molar-refractivity contribution in [3.63, 3.8) is 0 Å². The first kappa shape index (κ1) is 15.1. The molecule has 1 aliphatic rings. The number of aliphatic hydroxyl groups is 1. The van der Waals surface area contributed by atoms with Gasteiger partial charge in [-0.15, -0.1) is 11.3 Å². The summed E-state index contributed by atoms with van der Waals surface area (Å²) in [6, 6.07) is 6.58. The lowest BCUT2D eigenvalue weighted by atomic mass is 10.1. The molecule has 0 saturated carbocycles. The van der Waals surface area contributed by atoms with Gasteiger partial charge in [-0.05, 0) is 24.5 Å². The second kappa shape index (κ2) is 6.54. The zero-order chi connectivity index (χ0) is 15.5. The molecule has 2 aromatic rings. The van der Waals surface area contributed by atoms with Gasteiger partial charge >= 0.3 is 0 Å². The van der Waals surface area contributed by atoms with Crippen molar-refractivity contribution in [3.8, 4) is 0 Å². The largest absolute Gasteiger partial charge is 0.391 e. The summed E-state index contributed by atoms with van der Waals surface area (Å²) in [6.45, 7) is 1.01. The number of nitrogens with zero attached hydrogens (tertiary/aromatic N) is 2. The minimum atomic E-state index is -0.450. The van der Waals surface area contributed by atoms with Crippen LogP contribution in [0.4, 0.5) is 4.39 Å². The van der Waals surface area contributed by atoms with Gasteiger partial charge in [0.25, 0.3) is 5.91 Å². The maximum atomic E-state index is 13.6. The molecule has 1 amide bonds. The van der Waals surface area contributed by atoms with Crippen molar-refractivity contribution in [3.05, 3.63) is 51.7 Å². The van der Waals surface area contributed by atoms with Gasteiger partial charge in [0.05, 0.1) is 11.1 Å². The summed E-state index contributed by atoms with van der Waals surface area (Å²) in [5.41, 5.74) is 0.953. The van der Waals surface area contributed by atoms with Crippen LogP contribution in [0.5, 0.6) is 0 Å². The highest BCUT2D eigenvalue weighted by Crippen LogP contribution is 2.19. The van der Waals surface area contributed by atoms with Crippen LogP contribution in [0, 0.1) is 5.82 Å². The fourth-order valence-corrected chi connectivity index (χ4v) is 3.39. The van der Waals surface area contributed by atoms with Gasteiger partial charge in [0.2, 0.25) is 0 Å². The van der Waals surface area contributed by atoms with Crippen LogP contribution in [0.3, 0.4) is 0 Å². The summed E-state index contributed by atoms with van der Waals surface area (Å²) in [4.78, 5) is 18.3. The number of thiazole rings is 1. The van der Waals surface area contributed by atoms with Crippen LogP contribution >= 0.6 is 11.3 Å². The SMILES string of the molecule is O=C(c1csc(Cc2ccccc2F)n1)N1CCCC(O)C1. The Morgan fingerprint density at radius 1 is 1.45 bits per heavy atom. The molecule has 1 saturated heterocycles. The second-order valence-corrected chi connectivity index (χ2v) is 6.38. The zero-order valence-electron chi connectivity index (χ0n) is 12.0. The Kier molecular flexibility index (Phi) is 4.49. The van der Waals surface area contributed by atoms with Gasteiger partial charge in [-0.2, -0.15) is 0 Å². The summed E-state index contributed by atoms with van der Waals surface area (Å²) in [6.07, 6.45) is 1.47. The standard InChI is InChI=1S/C16H17FN2O2S/c17-13-6-2-1-4-11(13)8-15-18-14(10-22-15)16(21)19-7-3-5-12(20)9-19/h1-2,4,6,10,12,20H,3,5,7-9H2. The quantitative estimate of drug-likeness (QED) is 0.945. The van der Waals surface area contributed by atoms with E-state index >= 15 is 0 Å². The number of halogens is 1. The predicted octanol–water partition coefficient (Wildman–Crippen LogP) is 2.47. The third-order valence-corrected chi connectivity index (χ3v) is 4.60. The van der Waals surface area contributed by atoms with Crippen molar-refractivity contribution < 1.29 is 14.3 Å². The summed E-state index contributed by atoms with van der Waals surface area (Å²) in [5, 5.41) is 12.1. The smallest absolute Gasteiger partial charge is 0.273 e. The molecule has 0 aliphatic carbocycles. The molecule has 116 valence electrons.